The van der Waals surface area contributed by atoms with Gasteiger partial charge in [0.25, 0.3) is 0 Å². The van der Waals surface area contributed by atoms with Crippen LogP contribution in [0.15, 0.2) is 53.6 Å². The minimum absolute atomic E-state index is 0. The van der Waals surface area contributed by atoms with E-state index in [1.807, 2.05) is 48.9 Å². The van der Waals surface area contributed by atoms with E-state index in [1.165, 1.54) is 12.8 Å². The number of carbonyl (C=O) groups is 1. The van der Waals surface area contributed by atoms with E-state index in [4.69, 9.17) is 0 Å². The number of anilines is 1. The molecule has 238 valence electrons. The van der Waals surface area contributed by atoms with Gasteiger partial charge in [-0.3, -0.25) is 4.79 Å². The van der Waals surface area contributed by atoms with E-state index >= 15 is 0 Å². The van der Waals surface area contributed by atoms with Gasteiger partial charge in [-0.05, 0) is 98.4 Å². The molecule has 4 heterocycles. The SMILES string of the molecule is C.Cc1ccc([C@@H](CC(=O)O)c2ccc3c(nnn3CC3CC3)c2C)cc1CN1C[C@]2(C)CCCN2c2ncccc2S1(=O)=O. The lowest BCUT2D eigenvalue weighted by Crippen LogP contribution is -2.49. The van der Waals surface area contributed by atoms with E-state index in [2.05, 4.69) is 27.1 Å². The Balaban J connectivity index is 0.00000357. The molecule has 11 heteroatoms. The maximum atomic E-state index is 14.1. The number of rotatable bonds is 8. The van der Waals surface area contributed by atoms with Gasteiger partial charge in [0.1, 0.15) is 16.2 Å². The zero-order chi connectivity index (χ0) is 30.8. The Hall–Kier alpha value is -3.83. The van der Waals surface area contributed by atoms with Crippen LogP contribution < -0.4 is 4.90 Å². The number of carboxylic acids is 1. The summed E-state index contributed by atoms with van der Waals surface area (Å²) in [4.78, 5) is 19.1. The Morgan fingerprint density at radius 2 is 1.96 bits per heavy atom. The summed E-state index contributed by atoms with van der Waals surface area (Å²) in [7, 11) is -3.83. The number of hydrogen-bond acceptors (Lipinski definition) is 7. The second-order valence-electron chi connectivity index (χ2n) is 13.0. The fraction of sp³-hybridized carbons (Fsp3) is 0.471. The number of pyridine rings is 1. The summed E-state index contributed by atoms with van der Waals surface area (Å²) in [5, 5.41) is 18.9. The van der Waals surface area contributed by atoms with Gasteiger partial charge in [0.2, 0.25) is 10.0 Å². The molecule has 45 heavy (non-hydrogen) atoms. The number of hydrogen-bond donors (Lipinski definition) is 1. The molecule has 2 atom stereocenters. The molecule has 10 nitrogen and oxygen atoms in total. The predicted octanol–water partition coefficient (Wildman–Crippen LogP) is 5.66. The molecular weight excluding hydrogens is 588 g/mol. The quantitative estimate of drug-likeness (QED) is 0.265. The predicted molar refractivity (Wildman–Crippen MR) is 174 cm³/mol. The Kier molecular flexibility index (Phi) is 7.97. The standard InChI is InChI=1S/C33H38N6O4S.CH4/c1-21-7-10-24(27(17-30(40)41)26-11-12-28-31(22(26)2)35-36-39(28)18-23-8-9-23)16-25(21)19-37-20-33(3)13-5-15-38(33)32-29(44(37,42)43)6-4-14-34-32;/h4,6-7,10-12,14,16,23,27H,5,8-9,13,15,17-20H2,1-3H3,(H,40,41);1H4/t27-,33+;/m1./s1. The molecule has 3 aliphatic rings. The van der Waals surface area contributed by atoms with Crippen LogP contribution >= 0.6 is 0 Å². The average molecular weight is 631 g/mol. The van der Waals surface area contributed by atoms with Crippen LogP contribution in [0.1, 0.15) is 80.2 Å². The summed E-state index contributed by atoms with van der Waals surface area (Å²) in [5.41, 5.74) is 5.86. The Morgan fingerprint density at radius 3 is 2.71 bits per heavy atom. The summed E-state index contributed by atoms with van der Waals surface area (Å²) in [6, 6.07) is 13.3. The zero-order valence-electron chi connectivity index (χ0n) is 25.4. The lowest BCUT2D eigenvalue weighted by Gasteiger charge is -2.36. The highest BCUT2D eigenvalue weighted by molar-refractivity contribution is 7.89. The molecule has 1 aliphatic carbocycles. The van der Waals surface area contributed by atoms with Crippen molar-refractivity contribution in [2.45, 2.75) is 89.7 Å². The van der Waals surface area contributed by atoms with E-state index in [1.54, 1.807) is 22.6 Å². The largest absolute Gasteiger partial charge is 0.481 e. The van der Waals surface area contributed by atoms with E-state index in [0.29, 0.717) is 18.3 Å². The first-order chi connectivity index (χ1) is 21.0. The minimum atomic E-state index is -3.83. The van der Waals surface area contributed by atoms with Crippen LogP contribution in [0.3, 0.4) is 0 Å². The van der Waals surface area contributed by atoms with Gasteiger partial charge in [0, 0.05) is 38.3 Å². The minimum Gasteiger partial charge on any atom is -0.481 e. The molecule has 2 fully saturated rings. The molecule has 0 unspecified atom stereocenters. The van der Waals surface area contributed by atoms with Crippen molar-refractivity contribution in [3.05, 3.63) is 76.5 Å². The number of nitrogens with zero attached hydrogens (tertiary/aromatic N) is 6. The van der Waals surface area contributed by atoms with Crippen molar-refractivity contribution < 1.29 is 18.3 Å². The number of sulfonamides is 1. The molecule has 0 spiro atoms. The molecule has 2 aromatic heterocycles. The summed E-state index contributed by atoms with van der Waals surface area (Å²) < 4.78 is 31.8. The lowest BCUT2D eigenvalue weighted by molar-refractivity contribution is -0.137. The number of aromatic nitrogens is 4. The third kappa shape index (κ3) is 5.50. The average Bonchev–Trinajstić information content (AvgIpc) is 3.60. The van der Waals surface area contributed by atoms with E-state index in [-0.39, 0.29) is 30.8 Å². The van der Waals surface area contributed by atoms with Crippen molar-refractivity contribution in [1.29, 1.82) is 0 Å². The fourth-order valence-corrected chi connectivity index (χ4v) is 8.85. The molecule has 7 rings (SSSR count). The maximum Gasteiger partial charge on any atom is 0.304 e. The van der Waals surface area contributed by atoms with Crippen molar-refractivity contribution in [2.24, 2.45) is 5.92 Å². The van der Waals surface area contributed by atoms with Crippen molar-refractivity contribution in [1.82, 2.24) is 24.3 Å². The second kappa shape index (κ2) is 11.5. The molecule has 1 saturated carbocycles. The van der Waals surface area contributed by atoms with Crippen LogP contribution in [-0.4, -0.2) is 62.4 Å². The first kappa shape index (κ1) is 31.2. The highest BCUT2D eigenvalue weighted by Gasteiger charge is 2.47. The molecule has 2 aliphatic heterocycles. The van der Waals surface area contributed by atoms with Crippen molar-refractivity contribution in [2.75, 3.05) is 18.0 Å². The van der Waals surface area contributed by atoms with Gasteiger partial charge in [-0.25, -0.2) is 18.1 Å². The molecule has 1 saturated heterocycles. The Bertz CT molecular complexity index is 1880. The van der Waals surface area contributed by atoms with Crippen molar-refractivity contribution >= 4 is 32.8 Å². The van der Waals surface area contributed by atoms with E-state index in [0.717, 1.165) is 64.8 Å². The molecule has 4 aromatic rings. The summed E-state index contributed by atoms with van der Waals surface area (Å²) >= 11 is 0. The zero-order valence-corrected chi connectivity index (χ0v) is 26.2. The maximum absolute atomic E-state index is 14.1. The number of aryl methyl sites for hydroxylation is 2. The highest BCUT2D eigenvalue weighted by atomic mass is 32.2. The smallest absolute Gasteiger partial charge is 0.304 e. The van der Waals surface area contributed by atoms with Crippen LogP contribution in [0.25, 0.3) is 11.0 Å². The summed E-state index contributed by atoms with van der Waals surface area (Å²) in [6.07, 6.45) is 5.85. The summed E-state index contributed by atoms with van der Waals surface area (Å²) in [5.74, 6) is -0.148. The Labute approximate surface area is 265 Å². The molecule has 0 bridgehead atoms. The number of fused-ring (bicyclic) bond motifs is 4. The van der Waals surface area contributed by atoms with E-state index in [9.17, 15) is 18.3 Å². The van der Waals surface area contributed by atoms with E-state index < -0.39 is 21.9 Å². The van der Waals surface area contributed by atoms with Gasteiger partial charge in [-0.1, -0.05) is 36.9 Å². The number of aliphatic carboxylic acids is 1. The van der Waals surface area contributed by atoms with Crippen LogP contribution in [0.4, 0.5) is 5.82 Å². The highest BCUT2D eigenvalue weighted by Crippen LogP contribution is 2.42. The fourth-order valence-electron chi connectivity index (χ4n) is 7.17. The monoisotopic (exact) mass is 630 g/mol. The number of carboxylic acid groups (broad SMARTS) is 1. The molecule has 0 amide bonds. The third-order valence-electron chi connectivity index (χ3n) is 9.88. The lowest BCUT2D eigenvalue weighted by atomic mass is 9.84. The van der Waals surface area contributed by atoms with Crippen LogP contribution in [0.2, 0.25) is 0 Å². The first-order valence-corrected chi connectivity index (χ1v) is 16.9. The third-order valence-corrected chi connectivity index (χ3v) is 11.7. The normalized spacial score (nSPS) is 21.5. The van der Waals surface area contributed by atoms with Gasteiger partial charge in [0.15, 0.2) is 0 Å². The van der Waals surface area contributed by atoms with Crippen molar-refractivity contribution in [3.8, 4) is 0 Å². The van der Waals surface area contributed by atoms with Crippen molar-refractivity contribution in [3.63, 3.8) is 0 Å². The molecular formula is C34H42N6O4S. The molecule has 1 N–H and O–H groups in total. The molecule has 0 radical (unpaired) electrons. The van der Waals surface area contributed by atoms with Crippen LogP contribution in [-0.2, 0) is 27.9 Å². The van der Waals surface area contributed by atoms with Gasteiger partial charge in [0.05, 0.1) is 17.5 Å². The first-order valence-electron chi connectivity index (χ1n) is 15.4. The topological polar surface area (TPSA) is 122 Å². The van der Waals surface area contributed by atoms with Crippen LogP contribution in [0.5, 0.6) is 0 Å². The van der Waals surface area contributed by atoms with Crippen LogP contribution in [0, 0.1) is 19.8 Å². The second-order valence-corrected chi connectivity index (χ2v) is 15.0. The summed E-state index contributed by atoms with van der Waals surface area (Å²) in [6.45, 7) is 8.25. The molecule has 2 aromatic carbocycles. The Morgan fingerprint density at radius 1 is 1.16 bits per heavy atom. The van der Waals surface area contributed by atoms with Gasteiger partial charge >= 0.3 is 5.97 Å². The van der Waals surface area contributed by atoms with Gasteiger partial charge in [-0.15, -0.1) is 5.10 Å². The van der Waals surface area contributed by atoms with Gasteiger partial charge in [-0.2, -0.15) is 4.31 Å². The number of benzene rings is 2. The van der Waals surface area contributed by atoms with Gasteiger partial charge < -0.3 is 10.0 Å².